The van der Waals surface area contributed by atoms with Gasteiger partial charge in [-0.1, -0.05) is 0 Å². The maximum Gasteiger partial charge on any atom is 0.107 e. The molecule has 0 aliphatic rings. The van der Waals surface area contributed by atoms with Crippen molar-refractivity contribution in [3.05, 3.63) is 20.8 Å². The number of hydrogen-bond acceptors (Lipinski definition) is 2. The predicted octanol–water partition coefficient (Wildman–Crippen LogP) is 2.50. The highest BCUT2D eigenvalue weighted by Crippen LogP contribution is 2.24. The Labute approximate surface area is 76.1 Å². The first-order valence-electron chi connectivity index (χ1n) is 2.69. The number of anilines is 1. The molecule has 2 N–H and O–H groups in total. The molecule has 0 spiro atoms. The predicted molar refractivity (Wildman–Crippen MR) is 48.8 cm³/mol. The average molecular weight is 266 g/mol. The molecule has 0 aliphatic heterocycles. The third-order valence-electron chi connectivity index (χ3n) is 1.17. The number of rotatable bonds is 0. The number of hydrogen-bond donors (Lipinski definition) is 1. The van der Waals surface area contributed by atoms with Crippen LogP contribution < -0.4 is 5.73 Å². The van der Waals surface area contributed by atoms with E-state index in [-0.39, 0.29) is 0 Å². The van der Waals surface area contributed by atoms with E-state index in [4.69, 9.17) is 5.73 Å². The van der Waals surface area contributed by atoms with Crippen molar-refractivity contribution in [2.24, 2.45) is 0 Å². The number of nitrogen functional groups attached to an aromatic ring is 1. The van der Waals surface area contributed by atoms with Gasteiger partial charge in [-0.25, -0.2) is 4.98 Å². The zero-order valence-corrected chi connectivity index (χ0v) is 8.53. The first-order valence-corrected chi connectivity index (χ1v) is 4.28. The number of halogens is 2. The Kier molecular flexibility index (Phi) is 2.31. The fourth-order valence-corrected chi connectivity index (χ4v) is 1.91. The molecule has 0 unspecified atom stereocenters. The number of nitrogens with zero attached hydrogens (tertiary/aromatic N) is 1. The summed E-state index contributed by atoms with van der Waals surface area (Å²) in [6, 6.07) is 1.82. The van der Waals surface area contributed by atoms with Gasteiger partial charge < -0.3 is 5.73 Å². The summed E-state index contributed by atoms with van der Waals surface area (Å²) in [7, 11) is 0. The van der Waals surface area contributed by atoms with Crippen molar-refractivity contribution < 1.29 is 0 Å². The molecule has 0 atom stereocenters. The molecular formula is C6H6Br2N2. The fourth-order valence-electron chi connectivity index (χ4n) is 0.608. The number of aryl methyl sites for hydroxylation is 1. The molecule has 0 saturated heterocycles. The smallest absolute Gasteiger partial charge is 0.107 e. The molecule has 1 rings (SSSR count). The molecule has 0 fully saturated rings. The van der Waals surface area contributed by atoms with Gasteiger partial charge in [-0.2, -0.15) is 0 Å². The third kappa shape index (κ3) is 1.49. The maximum atomic E-state index is 5.62. The normalized spacial score (nSPS) is 9.90. The first kappa shape index (κ1) is 8.01. The molecule has 0 bridgehead atoms. The summed E-state index contributed by atoms with van der Waals surface area (Å²) in [4.78, 5) is 4.10. The van der Waals surface area contributed by atoms with E-state index in [1.807, 2.05) is 13.0 Å². The van der Waals surface area contributed by atoms with Gasteiger partial charge in [-0.15, -0.1) is 0 Å². The van der Waals surface area contributed by atoms with Crippen LogP contribution in [0.3, 0.4) is 0 Å². The topological polar surface area (TPSA) is 38.9 Å². The number of pyridine rings is 1. The van der Waals surface area contributed by atoms with Crippen LogP contribution in [0.5, 0.6) is 0 Å². The Hall–Kier alpha value is -0.0900. The second-order valence-corrected chi connectivity index (χ2v) is 3.59. The van der Waals surface area contributed by atoms with Crippen molar-refractivity contribution in [2.75, 3.05) is 5.73 Å². The Balaban J connectivity index is 3.31. The lowest BCUT2D eigenvalue weighted by Crippen LogP contribution is -1.93. The zero-order chi connectivity index (χ0) is 7.72. The van der Waals surface area contributed by atoms with E-state index in [0.29, 0.717) is 5.69 Å². The van der Waals surface area contributed by atoms with Crippen LogP contribution in [-0.4, -0.2) is 4.98 Å². The van der Waals surface area contributed by atoms with Crippen LogP contribution in [0, 0.1) is 6.92 Å². The van der Waals surface area contributed by atoms with Gasteiger partial charge in [0.1, 0.15) is 4.60 Å². The van der Waals surface area contributed by atoms with Crippen molar-refractivity contribution in [1.29, 1.82) is 0 Å². The molecule has 1 heterocycles. The van der Waals surface area contributed by atoms with Crippen molar-refractivity contribution >= 4 is 37.5 Å². The van der Waals surface area contributed by atoms with Gasteiger partial charge >= 0.3 is 0 Å². The summed E-state index contributed by atoms with van der Waals surface area (Å²) >= 11 is 6.55. The summed E-state index contributed by atoms with van der Waals surface area (Å²) in [5.74, 6) is 0. The lowest BCUT2D eigenvalue weighted by atomic mass is 10.3. The number of nitrogens with two attached hydrogens (primary N) is 1. The number of aromatic nitrogens is 1. The molecule has 0 amide bonds. The molecule has 0 saturated carbocycles. The Bertz CT molecular complexity index is 237. The van der Waals surface area contributed by atoms with E-state index in [0.717, 1.165) is 14.8 Å². The zero-order valence-electron chi connectivity index (χ0n) is 5.36. The summed E-state index contributed by atoms with van der Waals surface area (Å²) in [5, 5.41) is 0. The van der Waals surface area contributed by atoms with E-state index in [9.17, 15) is 0 Å². The van der Waals surface area contributed by atoms with Gasteiger partial charge in [0, 0.05) is 4.47 Å². The molecule has 4 heteroatoms. The molecule has 0 aromatic carbocycles. The summed E-state index contributed by atoms with van der Waals surface area (Å²) in [6.45, 7) is 1.87. The van der Waals surface area contributed by atoms with E-state index < -0.39 is 0 Å². The Morgan fingerprint density at radius 3 is 2.60 bits per heavy atom. The second-order valence-electron chi connectivity index (χ2n) is 1.93. The van der Waals surface area contributed by atoms with Crippen LogP contribution in [0.25, 0.3) is 0 Å². The van der Waals surface area contributed by atoms with Gasteiger partial charge in [-0.3, -0.25) is 0 Å². The molecular weight excluding hydrogens is 260 g/mol. The van der Waals surface area contributed by atoms with Crippen LogP contribution in [0.4, 0.5) is 5.69 Å². The highest BCUT2D eigenvalue weighted by molar-refractivity contribution is 9.11. The minimum atomic E-state index is 0.697. The van der Waals surface area contributed by atoms with Crippen molar-refractivity contribution in [1.82, 2.24) is 4.98 Å². The van der Waals surface area contributed by atoms with E-state index >= 15 is 0 Å². The molecule has 1 aromatic rings. The lowest BCUT2D eigenvalue weighted by Gasteiger charge is -2.01. The summed E-state index contributed by atoms with van der Waals surface area (Å²) in [5.41, 5.74) is 7.15. The van der Waals surface area contributed by atoms with Crippen molar-refractivity contribution in [3.8, 4) is 0 Å². The average Bonchev–Trinajstić information content (AvgIpc) is 1.82. The molecule has 54 valence electrons. The van der Waals surface area contributed by atoms with E-state index in [2.05, 4.69) is 36.8 Å². The van der Waals surface area contributed by atoms with Gasteiger partial charge in [-0.05, 0) is 44.8 Å². The molecule has 0 radical (unpaired) electrons. The van der Waals surface area contributed by atoms with Gasteiger partial charge in [0.05, 0.1) is 11.4 Å². The Morgan fingerprint density at radius 2 is 2.10 bits per heavy atom. The van der Waals surface area contributed by atoms with Crippen molar-refractivity contribution in [2.45, 2.75) is 6.92 Å². The molecule has 0 aliphatic carbocycles. The second kappa shape index (κ2) is 2.88. The highest BCUT2D eigenvalue weighted by Gasteiger charge is 2.00. The van der Waals surface area contributed by atoms with E-state index in [1.54, 1.807) is 0 Å². The van der Waals surface area contributed by atoms with Crippen LogP contribution in [0.2, 0.25) is 0 Å². The highest BCUT2D eigenvalue weighted by atomic mass is 79.9. The fraction of sp³-hybridized carbons (Fsp3) is 0.167. The third-order valence-corrected chi connectivity index (χ3v) is 2.23. The lowest BCUT2D eigenvalue weighted by molar-refractivity contribution is 1.16. The summed E-state index contributed by atoms with van der Waals surface area (Å²) in [6.07, 6.45) is 0. The minimum absolute atomic E-state index is 0.697. The quantitative estimate of drug-likeness (QED) is 0.732. The molecule has 2 nitrogen and oxygen atoms in total. The van der Waals surface area contributed by atoms with Crippen molar-refractivity contribution in [3.63, 3.8) is 0 Å². The maximum absolute atomic E-state index is 5.62. The minimum Gasteiger partial charge on any atom is -0.396 e. The first-order chi connectivity index (χ1) is 4.61. The summed E-state index contributed by atoms with van der Waals surface area (Å²) < 4.78 is 1.68. The Morgan fingerprint density at radius 1 is 1.50 bits per heavy atom. The standard InChI is InChI=1S/C6H6Br2N2/c1-3-6(9)4(7)2-5(8)10-3/h2H,9H2,1H3. The van der Waals surface area contributed by atoms with Crippen LogP contribution >= 0.6 is 31.9 Å². The SMILES string of the molecule is Cc1nc(Br)cc(Br)c1N. The molecule has 10 heavy (non-hydrogen) atoms. The van der Waals surface area contributed by atoms with Gasteiger partial charge in [0.2, 0.25) is 0 Å². The van der Waals surface area contributed by atoms with Gasteiger partial charge in [0.15, 0.2) is 0 Å². The monoisotopic (exact) mass is 264 g/mol. The molecule has 1 aromatic heterocycles. The van der Waals surface area contributed by atoms with Crippen LogP contribution in [-0.2, 0) is 0 Å². The van der Waals surface area contributed by atoms with E-state index in [1.165, 1.54) is 0 Å². The largest absolute Gasteiger partial charge is 0.396 e. The van der Waals surface area contributed by atoms with Crippen LogP contribution in [0.15, 0.2) is 15.1 Å². The van der Waals surface area contributed by atoms with Gasteiger partial charge in [0.25, 0.3) is 0 Å². The van der Waals surface area contributed by atoms with Crippen LogP contribution in [0.1, 0.15) is 5.69 Å².